The van der Waals surface area contributed by atoms with Crippen molar-refractivity contribution in [3.8, 4) is 28.6 Å². The first-order chi connectivity index (χ1) is 13.5. The lowest BCUT2D eigenvalue weighted by Crippen LogP contribution is -2.12. The van der Waals surface area contributed by atoms with Crippen LogP contribution in [0.3, 0.4) is 0 Å². The number of nitrogens with zero attached hydrogens (tertiary/aromatic N) is 3. The van der Waals surface area contributed by atoms with Gasteiger partial charge in [-0.3, -0.25) is 0 Å². The summed E-state index contributed by atoms with van der Waals surface area (Å²) < 4.78 is 73.9. The van der Waals surface area contributed by atoms with Crippen LogP contribution in [-0.4, -0.2) is 37.4 Å². The summed E-state index contributed by atoms with van der Waals surface area (Å²) in [5.74, 6) is -0.862. The van der Waals surface area contributed by atoms with E-state index >= 15 is 0 Å². The molecule has 29 heavy (non-hydrogen) atoms. The van der Waals surface area contributed by atoms with Crippen molar-refractivity contribution in [1.29, 1.82) is 0 Å². The summed E-state index contributed by atoms with van der Waals surface area (Å²) >= 11 is 0. The topological polar surface area (TPSA) is 109 Å². The second-order valence-electron chi connectivity index (χ2n) is 5.77. The van der Waals surface area contributed by atoms with Crippen LogP contribution in [0.15, 0.2) is 47.4 Å². The maximum Gasteiger partial charge on any atom is 0.453 e. The van der Waals surface area contributed by atoms with Gasteiger partial charge in [0.2, 0.25) is 10.0 Å². The third-order valence-corrected chi connectivity index (χ3v) is 4.85. The smallest absolute Gasteiger partial charge is 0.453 e. The van der Waals surface area contributed by atoms with Crippen molar-refractivity contribution in [2.75, 3.05) is 14.2 Å². The number of alkyl halides is 3. The van der Waals surface area contributed by atoms with E-state index in [1.807, 2.05) is 0 Å². The average molecular weight is 428 g/mol. The Morgan fingerprint density at radius 2 is 1.69 bits per heavy atom. The summed E-state index contributed by atoms with van der Waals surface area (Å²) in [5.41, 5.74) is 0.375. The van der Waals surface area contributed by atoms with Crippen molar-refractivity contribution in [3.05, 3.63) is 48.3 Å². The van der Waals surface area contributed by atoms with Gasteiger partial charge in [0.1, 0.15) is 11.5 Å². The third kappa shape index (κ3) is 4.17. The van der Waals surface area contributed by atoms with Crippen molar-refractivity contribution in [3.63, 3.8) is 0 Å². The number of hydrogen-bond acceptors (Lipinski definition) is 6. The summed E-state index contributed by atoms with van der Waals surface area (Å²) in [6, 6.07) is 9.38. The molecule has 8 nitrogen and oxygen atoms in total. The van der Waals surface area contributed by atoms with Crippen molar-refractivity contribution in [2.45, 2.75) is 11.1 Å². The van der Waals surface area contributed by atoms with E-state index in [9.17, 15) is 21.6 Å². The van der Waals surface area contributed by atoms with Crippen molar-refractivity contribution < 1.29 is 31.1 Å². The largest absolute Gasteiger partial charge is 0.497 e. The Bertz CT molecular complexity index is 1140. The van der Waals surface area contributed by atoms with Crippen LogP contribution < -0.4 is 14.6 Å². The molecule has 12 heteroatoms. The molecule has 2 aromatic carbocycles. The van der Waals surface area contributed by atoms with E-state index in [1.165, 1.54) is 44.6 Å². The molecule has 1 heterocycles. The molecule has 0 bridgehead atoms. The predicted molar refractivity (Wildman–Crippen MR) is 96.3 cm³/mol. The van der Waals surface area contributed by atoms with Crippen molar-refractivity contribution in [2.24, 2.45) is 5.14 Å². The zero-order valence-corrected chi connectivity index (χ0v) is 16.0. The van der Waals surface area contributed by atoms with E-state index in [0.29, 0.717) is 5.75 Å². The number of ether oxygens (including phenoxy) is 2. The first-order valence-electron chi connectivity index (χ1n) is 7.94. The summed E-state index contributed by atoms with van der Waals surface area (Å²) in [7, 11) is -1.17. The highest BCUT2D eigenvalue weighted by molar-refractivity contribution is 7.89. The van der Waals surface area contributed by atoms with E-state index in [2.05, 4.69) is 10.1 Å². The van der Waals surface area contributed by atoms with Gasteiger partial charge in [-0.15, -0.1) is 5.10 Å². The molecule has 0 unspecified atom stereocenters. The maximum absolute atomic E-state index is 13.2. The number of methoxy groups -OCH3 is 2. The molecule has 0 aliphatic carbocycles. The Kier molecular flexibility index (Phi) is 5.24. The van der Waals surface area contributed by atoms with Crippen LogP contribution >= 0.6 is 0 Å². The molecule has 3 aromatic rings. The van der Waals surface area contributed by atoms with Gasteiger partial charge < -0.3 is 9.47 Å². The fourth-order valence-electron chi connectivity index (χ4n) is 2.55. The van der Waals surface area contributed by atoms with Crippen LogP contribution in [0.1, 0.15) is 5.82 Å². The molecule has 1 aromatic heterocycles. The number of sulfonamides is 1. The Morgan fingerprint density at radius 1 is 1.03 bits per heavy atom. The van der Waals surface area contributed by atoms with Gasteiger partial charge >= 0.3 is 6.18 Å². The van der Waals surface area contributed by atoms with Crippen LogP contribution in [0.4, 0.5) is 13.2 Å². The molecule has 0 radical (unpaired) electrons. The first-order valence-corrected chi connectivity index (χ1v) is 9.49. The summed E-state index contributed by atoms with van der Waals surface area (Å²) in [5, 5.41) is 8.60. The Hall–Kier alpha value is -3.12. The fourth-order valence-corrected chi connectivity index (χ4v) is 3.06. The minimum atomic E-state index is -4.79. The number of benzene rings is 2. The lowest BCUT2D eigenvalue weighted by atomic mass is 10.1. The van der Waals surface area contributed by atoms with Crippen LogP contribution in [0.2, 0.25) is 0 Å². The van der Waals surface area contributed by atoms with Gasteiger partial charge in [0, 0.05) is 6.07 Å². The van der Waals surface area contributed by atoms with Crippen LogP contribution in [0.25, 0.3) is 17.1 Å². The minimum Gasteiger partial charge on any atom is -0.497 e. The molecule has 0 saturated heterocycles. The van der Waals surface area contributed by atoms with E-state index in [4.69, 9.17) is 14.6 Å². The van der Waals surface area contributed by atoms with Gasteiger partial charge in [-0.1, -0.05) is 0 Å². The van der Waals surface area contributed by atoms with Crippen LogP contribution in [-0.2, 0) is 16.2 Å². The number of halogens is 3. The first kappa shape index (κ1) is 20.6. The lowest BCUT2D eigenvalue weighted by Gasteiger charge is -2.11. The van der Waals surface area contributed by atoms with Crippen molar-refractivity contribution in [1.82, 2.24) is 14.8 Å². The second-order valence-corrected chi connectivity index (χ2v) is 7.34. The number of aromatic nitrogens is 3. The van der Waals surface area contributed by atoms with Gasteiger partial charge in [0.05, 0.1) is 30.4 Å². The fraction of sp³-hybridized carbons (Fsp3) is 0.176. The maximum atomic E-state index is 13.2. The molecule has 0 aliphatic heterocycles. The molecule has 0 spiro atoms. The number of hydrogen-bond donors (Lipinski definition) is 1. The van der Waals surface area contributed by atoms with Gasteiger partial charge in [-0.2, -0.15) is 13.2 Å². The molecule has 154 valence electrons. The van der Waals surface area contributed by atoms with E-state index < -0.39 is 22.0 Å². The van der Waals surface area contributed by atoms with Gasteiger partial charge in [0.15, 0.2) is 5.82 Å². The summed E-state index contributed by atoms with van der Waals surface area (Å²) in [4.78, 5) is 3.43. The molecular formula is C17H15F3N4O4S. The Labute approximate surface area is 163 Å². The predicted octanol–water partition coefficient (Wildman–Crippen LogP) is 2.62. The SMILES string of the molecule is COc1ccc(-c2nc(C(F)(F)F)nn2-c2ccc(S(N)(=O)=O)cc2)c(OC)c1. The molecule has 0 aliphatic rings. The van der Waals surface area contributed by atoms with E-state index in [1.54, 1.807) is 0 Å². The molecule has 0 amide bonds. The number of rotatable bonds is 5. The van der Waals surface area contributed by atoms with Crippen LogP contribution in [0.5, 0.6) is 11.5 Å². The molecule has 0 atom stereocenters. The number of primary sulfonamides is 1. The quantitative estimate of drug-likeness (QED) is 0.669. The molecule has 0 fully saturated rings. The molecule has 2 N–H and O–H groups in total. The lowest BCUT2D eigenvalue weighted by molar-refractivity contribution is -0.144. The molecular weight excluding hydrogens is 413 g/mol. The summed E-state index contributed by atoms with van der Waals surface area (Å²) in [6.45, 7) is 0. The van der Waals surface area contributed by atoms with Gasteiger partial charge in [-0.25, -0.2) is 23.2 Å². The van der Waals surface area contributed by atoms with Gasteiger partial charge in [0.25, 0.3) is 5.82 Å². The highest BCUT2D eigenvalue weighted by Crippen LogP contribution is 2.36. The molecule has 0 saturated carbocycles. The highest BCUT2D eigenvalue weighted by Gasteiger charge is 2.38. The Morgan fingerprint density at radius 3 is 2.21 bits per heavy atom. The minimum absolute atomic E-state index is 0.147. The monoisotopic (exact) mass is 428 g/mol. The Balaban J connectivity index is 2.22. The number of nitrogens with two attached hydrogens (primary N) is 1. The van der Waals surface area contributed by atoms with Crippen molar-refractivity contribution >= 4 is 10.0 Å². The zero-order valence-electron chi connectivity index (χ0n) is 15.1. The standard InChI is InChI=1S/C17H15F3N4O4S/c1-27-11-5-8-13(14(9-11)28-2)15-22-16(17(18,19)20)23-24(15)10-3-6-12(7-4-10)29(21,25)26/h3-9H,1-2H3,(H2,21,25,26). The highest BCUT2D eigenvalue weighted by atomic mass is 32.2. The second kappa shape index (κ2) is 7.37. The average Bonchev–Trinajstić information content (AvgIpc) is 3.12. The van der Waals surface area contributed by atoms with E-state index in [0.717, 1.165) is 16.8 Å². The zero-order chi connectivity index (χ0) is 21.4. The van der Waals surface area contributed by atoms with E-state index in [-0.39, 0.29) is 27.7 Å². The summed E-state index contributed by atoms with van der Waals surface area (Å²) in [6.07, 6.45) is -4.79. The van der Waals surface area contributed by atoms with Crippen LogP contribution in [0, 0.1) is 0 Å². The third-order valence-electron chi connectivity index (χ3n) is 3.92. The molecule has 3 rings (SSSR count). The normalized spacial score (nSPS) is 12.1. The van der Waals surface area contributed by atoms with Gasteiger partial charge in [-0.05, 0) is 36.4 Å².